The smallest absolute Gasteiger partial charge is 0.150 e. The summed E-state index contributed by atoms with van der Waals surface area (Å²) in [6.45, 7) is 1.99. The average Bonchev–Trinajstić information content (AvgIpc) is 2.24. The first-order valence-electron chi connectivity index (χ1n) is 5.45. The molecule has 0 bridgehead atoms. The number of aromatic nitrogens is 1. The molecule has 0 atom stereocenters. The lowest BCUT2D eigenvalue weighted by Gasteiger charge is -2.24. The first-order chi connectivity index (χ1) is 7.57. The Morgan fingerprint density at radius 1 is 1.38 bits per heavy atom. The van der Waals surface area contributed by atoms with E-state index in [0.29, 0.717) is 12.8 Å². The van der Waals surface area contributed by atoms with Crippen LogP contribution in [0.3, 0.4) is 0 Å². The number of anilines is 1. The zero-order chi connectivity index (χ0) is 11.6. The van der Waals surface area contributed by atoms with Crippen LogP contribution in [0.25, 0.3) is 0 Å². The Bertz CT molecular complexity index is 457. The van der Waals surface area contributed by atoms with E-state index < -0.39 is 9.84 Å². The fourth-order valence-corrected chi connectivity index (χ4v) is 3.36. The summed E-state index contributed by atoms with van der Waals surface area (Å²) in [6, 6.07) is 4.12. The summed E-state index contributed by atoms with van der Waals surface area (Å²) in [7, 11) is -2.78. The maximum absolute atomic E-state index is 11.3. The van der Waals surface area contributed by atoms with Crippen LogP contribution in [0.1, 0.15) is 18.4 Å². The first kappa shape index (κ1) is 11.4. The van der Waals surface area contributed by atoms with E-state index in [1.165, 1.54) is 0 Å². The van der Waals surface area contributed by atoms with Gasteiger partial charge in [0.25, 0.3) is 0 Å². The normalized spacial score (nSPS) is 20.6. The van der Waals surface area contributed by atoms with Crippen molar-refractivity contribution in [1.29, 1.82) is 0 Å². The van der Waals surface area contributed by atoms with Crippen LogP contribution in [-0.4, -0.2) is 30.9 Å². The third kappa shape index (κ3) is 2.72. The van der Waals surface area contributed by atoms with Crippen LogP contribution < -0.4 is 5.32 Å². The summed E-state index contributed by atoms with van der Waals surface area (Å²) >= 11 is 0. The molecular formula is C11H16N2O2S. The molecule has 0 unspecified atom stereocenters. The lowest BCUT2D eigenvalue weighted by Crippen LogP contribution is -2.32. The van der Waals surface area contributed by atoms with Crippen molar-refractivity contribution in [2.75, 3.05) is 16.8 Å². The second-order valence-corrected chi connectivity index (χ2v) is 6.54. The Morgan fingerprint density at radius 2 is 2.06 bits per heavy atom. The highest BCUT2D eigenvalue weighted by Gasteiger charge is 2.23. The molecule has 1 aliphatic rings. The van der Waals surface area contributed by atoms with Gasteiger partial charge < -0.3 is 5.32 Å². The maximum Gasteiger partial charge on any atom is 0.150 e. The van der Waals surface area contributed by atoms with Crippen LogP contribution in [0.15, 0.2) is 18.3 Å². The van der Waals surface area contributed by atoms with E-state index in [1.54, 1.807) is 6.20 Å². The highest BCUT2D eigenvalue weighted by atomic mass is 32.2. The van der Waals surface area contributed by atoms with E-state index in [4.69, 9.17) is 0 Å². The molecule has 1 saturated heterocycles. The number of hydrogen-bond donors (Lipinski definition) is 1. The SMILES string of the molecule is Cc1cccnc1NC1CCS(=O)(=O)CC1. The molecule has 2 rings (SSSR count). The van der Waals surface area contributed by atoms with Gasteiger partial charge in [-0.05, 0) is 31.4 Å². The molecule has 2 heterocycles. The molecule has 1 aromatic heterocycles. The topological polar surface area (TPSA) is 59.1 Å². The van der Waals surface area contributed by atoms with Gasteiger partial charge in [-0.1, -0.05) is 6.07 Å². The van der Waals surface area contributed by atoms with E-state index >= 15 is 0 Å². The Labute approximate surface area is 96.0 Å². The van der Waals surface area contributed by atoms with E-state index in [1.807, 2.05) is 19.1 Å². The van der Waals surface area contributed by atoms with Crippen molar-refractivity contribution in [1.82, 2.24) is 4.98 Å². The van der Waals surface area contributed by atoms with Gasteiger partial charge in [0.2, 0.25) is 0 Å². The van der Waals surface area contributed by atoms with Gasteiger partial charge in [-0.15, -0.1) is 0 Å². The Hall–Kier alpha value is -1.10. The molecule has 0 saturated carbocycles. The molecule has 0 aliphatic carbocycles. The molecule has 0 radical (unpaired) electrons. The van der Waals surface area contributed by atoms with Crippen molar-refractivity contribution in [3.8, 4) is 0 Å². The van der Waals surface area contributed by atoms with Crippen molar-refractivity contribution < 1.29 is 8.42 Å². The third-order valence-corrected chi connectivity index (χ3v) is 4.62. The number of nitrogens with zero attached hydrogens (tertiary/aromatic N) is 1. The van der Waals surface area contributed by atoms with Crippen LogP contribution in [0.4, 0.5) is 5.82 Å². The van der Waals surface area contributed by atoms with E-state index in [9.17, 15) is 8.42 Å². The molecule has 0 amide bonds. The zero-order valence-electron chi connectivity index (χ0n) is 9.31. The van der Waals surface area contributed by atoms with Crippen LogP contribution in [0, 0.1) is 6.92 Å². The van der Waals surface area contributed by atoms with E-state index in [-0.39, 0.29) is 17.5 Å². The van der Waals surface area contributed by atoms with Gasteiger partial charge in [0.1, 0.15) is 15.7 Å². The fourth-order valence-electron chi connectivity index (χ4n) is 1.86. The predicted molar refractivity (Wildman–Crippen MR) is 64.3 cm³/mol. The van der Waals surface area contributed by atoms with Crippen LogP contribution in [0.5, 0.6) is 0 Å². The molecular weight excluding hydrogens is 224 g/mol. The van der Waals surface area contributed by atoms with Gasteiger partial charge in [-0.3, -0.25) is 0 Å². The standard InChI is InChI=1S/C11H16N2O2S/c1-9-3-2-6-12-11(9)13-10-4-7-16(14,15)8-5-10/h2-3,6,10H,4-5,7-8H2,1H3,(H,12,13). The molecule has 1 N–H and O–H groups in total. The number of aryl methyl sites for hydroxylation is 1. The summed E-state index contributed by atoms with van der Waals surface area (Å²) in [5.41, 5.74) is 1.09. The van der Waals surface area contributed by atoms with E-state index in [0.717, 1.165) is 11.4 Å². The lowest BCUT2D eigenvalue weighted by atomic mass is 10.1. The van der Waals surface area contributed by atoms with Crippen LogP contribution in [0.2, 0.25) is 0 Å². The van der Waals surface area contributed by atoms with Gasteiger partial charge in [0.15, 0.2) is 0 Å². The summed E-state index contributed by atoms with van der Waals surface area (Å²) in [5, 5.41) is 3.31. The molecule has 5 heteroatoms. The van der Waals surface area contributed by atoms with Crippen LogP contribution >= 0.6 is 0 Å². The van der Waals surface area contributed by atoms with Crippen molar-refractivity contribution in [2.24, 2.45) is 0 Å². The number of nitrogens with one attached hydrogen (secondary N) is 1. The van der Waals surface area contributed by atoms with Crippen molar-refractivity contribution in [2.45, 2.75) is 25.8 Å². The minimum Gasteiger partial charge on any atom is -0.367 e. The van der Waals surface area contributed by atoms with Crippen LogP contribution in [-0.2, 0) is 9.84 Å². The Kier molecular flexibility index (Phi) is 3.14. The minimum absolute atomic E-state index is 0.233. The predicted octanol–water partition coefficient (Wildman–Crippen LogP) is 1.38. The van der Waals surface area contributed by atoms with Crippen molar-refractivity contribution in [3.63, 3.8) is 0 Å². The quantitative estimate of drug-likeness (QED) is 0.848. The summed E-state index contributed by atoms with van der Waals surface area (Å²) < 4.78 is 22.5. The lowest BCUT2D eigenvalue weighted by molar-refractivity contribution is 0.559. The van der Waals surface area contributed by atoms with Gasteiger partial charge in [0.05, 0.1) is 11.5 Å². The monoisotopic (exact) mass is 240 g/mol. The largest absolute Gasteiger partial charge is 0.367 e. The van der Waals surface area contributed by atoms with Crippen molar-refractivity contribution >= 4 is 15.7 Å². The fraction of sp³-hybridized carbons (Fsp3) is 0.545. The minimum atomic E-state index is -2.78. The highest BCUT2D eigenvalue weighted by molar-refractivity contribution is 7.91. The summed E-state index contributed by atoms with van der Waals surface area (Å²) in [6.07, 6.45) is 3.10. The summed E-state index contributed by atoms with van der Waals surface area (Å²) in [4.78, 5) is 4.25. The number of pyridine rings is 1. The summed E-state index contributed by atoms with van der Waals surface area (Å²) in [5.74, 6) is 1.44. The van der Waals surface area contributed by atoms with Gasteiger partial charge >= 0.3 is 0 Å². The number of hydrogen-bond acceptors (Lipinski definition) is 4. The Balaban J connectivity index is 2.00. The van der Waals surface area contributed by atoms with Gasteiger partial charge in [-0.25, -0.2) is 13.4 Å². The number of sulfone groups is 1. The molecule has 1 fully saturated rings. The maximum atomic E-state index is 11.3. The molecule has 4 nitrogen and oxygen atoms in total. The van der Waals surface area contributed by atoms with Gasteiger partial charge in [-0.2, -0.15) is 0 Å². The van der Waals surface area contributed by atoms with Crippen molar-refractivity contribution in [3.05, 3.63) is 23.9 Å². The zero-order valence-corrected chi connectivity index (χ0v) is 10.1. The van der Waals surface area contributed by atoms with E-state index in [2.05, 4.69) is 10.3 Å². The second kappa shape index (κ2) is 4.41. The first-order valence-corrected chi connectivity index (χ1v) is 7.27. The number of rotatable bonds is 2. The molecule has 88 valence electrons. The Morgan fingerprint density at radius 3 is 2.69 bits per heavy atom. The third-order valence-electron chi connectivity index (χ3n) is 2.90. The highest BCUT2D eigenvalue weighted by Crippen LogP contribution is 2.18. The molecule has 1 aliphatic heterocycles. The van der Waals surface area contributed by atoms with Gasteiger partial charge in [0, 0.05) is 12.2 Å². The molecule has 0 spiro atoms. The second-order valence-electron chi connectivity index (χ2n) is 4.24. The molecule has 0 aromatic carbocycles. The average molecular weight is 240 g/mol. The molecule has 1 aromatic rings. The molecule has 16 heavy (non-hydrogen) atoms.